The van der Waals surface area contributed by atoms with Gasteiger partial charge in [-0.05, 0) is 24.3 Å². The summed E-state index contributed by atoms with van der Waals surface area (Å²) in [4.78, 5) is 13.4. The van der Waals surface area contributed by atoms with Gasteiger partial charge in [0.1, 0.15) is 5.01 Å². The van der Waals surface area contributed by atoms with Crippen LogP contribution in [0.1, 0.15) is 5.69 Å². The lowest BCUT2D eigenvalue weighted by atomic mass is 10.1. The molecule has 0 aromatic carbocycles. The summed E-state index contributed by atoms with van der Waals surface area (Å²) in [6.07, 6.45) is 6.88. The number of fused-ring (bicyclic) bond motifs is 1. The van der Waals surface area contributed by atoms with E-state index in [1.165, 1.54) is 11.3 Å². The highest BCUT2D eigenvalue weighted by Crippen LogP contribution is 2.30. The molecule has 1 N–H and O–H groups in total. The van der Waals surface area contributed by atoms with Crippen LogP contribution in [0.5, 0.6) is 0 Å². The molecule has 4 aromatic rings. The number of aliphatic hydroxyl groups excluding tert-OH is 1. The predicted octanol–water partition coefficient (Wildman–Crippen LogP) is 2.41. The van der Waals surface area contributed by atoms with Gasteiger partial charge in [-0.2, -0.15) is 5.10 Å². The Hall–Kier alpha value is -2.64. The zero-order valence-electron chi connectivity index (χ0n) is 11.4. The minimum absolute atomic E-state index is 0.127. The van der Waals surface area contributed by atoms with Gasteiger partial charge < -0.3 is 5.11 Å². The summed E-state index contributed by atoms with van der Waals surface area (Å²) < 4.78 is 1.70. The second-order valence-corrected chi connectivity index (χ2v) is 5.59. The molecule has 0 bridgehead atoms. The van der Waals surface area contributed by atoms with Crippen molar-refractivity contribution in [2.45, 2.75) is 6.61 Å². The van der Waals surface area contributed by atoms with E-state index >= 15 is 0 Å². The fraction of sp³-hybridized carbons (Fsp3) is 0.0667. The van der Waals surface area contributed by atoms with Gasteiger partial charge in [0.05, 0.1) is 18.0 Å². The van der Waals surface area contributed by atoms with E-state index in [2.05, 4.69) is 20.1 Å². The number of aliphatic hydroxyl groups is 1. The van der Waals surface area contributed by atoms with E-state index in [4.69, 9.17) is 0 Å². The van der Waals surface area contributed by atoms with E-state index in [9.17, 15) is 5.11 Å². The van der Waals surface area contributed by atoms with Crippen LogP contribution in [0.15, 0.2) is 49.1 Å². The molecule has 22 heavy (non-hydrogen) atoms. The molecule has 0 radical (unpaired) electrons. The SMILES string of the molecule is OCc1c(-c2ccncc2)nc2sc(-c3ccncc3)nn12. The molecule has 0 spiro atoms. The molecule has 0 unspecified atom stereocenters. The molecule has 7 heteroatoms. The standard InChI is InChI=1S/C15H11N5OS/c21-9-12-13(10-1-5-16-6-2-10)18-15-20(12)19-14(22-15)11-3-7-17-8-4-11/h1-8,21H,9H2. The Kier molecular flexibility index (Phi) is 3.14. The van der Waals surface area contributed by atoms with E-state index in [0.717, 1.165) is 26.8 Å². The van der Waals surface area contributed by atoms with E-state index in [1.54, 1.807) is 29.3 Å². The van der Waals surface area contributed by atoms with E-state index in [0.29, 0.717) is 5.69 Å². The van der Waals surface area contributed by atoms with Crippen molar-refractivity contribution in [2.24, 2.45) is 0 Å². The number of hydrogen-bond donors (Lipinski definition) is 1. The third kappa shape index (κ3) is 2.07. The summed E-state index contributed by atoms with van der Waals surface area (Å²) in [5, 5.41) is 15.1. The van der Waals surface area contributed by atoms with E-state index < -0.39 is 0 Å². The van der Waals surface area contributed by atoms with Gasteiger partial charge in [0.15, 0.2) is 0 Å². The number of aromatic nitrogens is 5. The first-order valence-corrected chi connectivity index (χ1v) is 7.48. The van der Waals surface area contributed by atoms with Crippen LogP contribution in [-0.4, -0.2) is 29.7 Å². The van der Waals surface area contributed by atoms with E-state index in [1.807, 2.05) is 24.3 Å². The van der Waals surface area contributed by atoms with Crippen LogP contribution < -0.4 is 0 Å². The van der Waals surface area contributed by atoms with Gasteiger partial charge in [0.2, 0.25) is 4.96 Å². The first kappa shape index (κ1) is 13.1. The van der Waals surface area contributed by atoms with Gasteiger partial charge in [-0.1, -0.05) is 11.3 Å². The normalized spacial score (nSPS) is 11.1. The molecule has 4 rings (SSSR count). The Balaban J connectivity index is 1.88. The summed E-state index contributed by atoms with van der Waals surface area (Å²) in [5.74, 6) is 0. The summed E-state index contributed by atoms with van der Waals surface area (Å²) >= 11 is 1.48. The van der Waals surface area contributed by atoms with Crippen LogP contribution >= 0.6 is 11.3 Å². The fourth-order valence-electron chi connectivity index (χ4n) is 2.28. The third-order valence-electron chi connectivity index (χ3n) is 3.33. The minimum atomic E-state index is -0.127. The molecule has 0 fully saturated rings. The lowest BCUT2D eigenvalue weighted by Crippen LogP contribution is -1.95. The van der Waals surface area contributed by atoms with Crippen molar-refractivity contribution in [3.8, 4) is 21.8 Å². The molecular formula is C15H11N5OS. The Morgan fingerprint density at radius 3 is 2.23 bits per heavy atom. The molecule has 0 atom stereocenters. The molecule has 0 saturated heterocycles. The van der Waals surface area contributed by atoms with Crippen molar-refractivity contribution in [1.82, 2.24) is 24.6 Å². The Bertz CT molecular complexity index is 917. The molecule has 0 aliphatic heterocycles. The topological polar surface area (TPSA) is 76.2 Å². The number of nitrogens with zero attached hydrogens (tertiary/aromatic N) is 5. The zero-order chi connectivity index (χ0) is 14.9. The number of imidazole rings is 1. The average Bonchev–Trinajstić information content (AvgIpc) is 3.14. The molecule has 0 saturated carbocycles. The maximum Gasteiger partial charge on any atom is 0.213 e. The van der Waals surface area contributed by atoms with Crippen LogP contribution in [0.4, 0.5) is 0 Å². The minimum Gasteiger partial charge on any atom is -0.390 e. The molecule has 108 valence electrons. The van der Waals surface area contributed by atoms with Crippen molar-refractivity contribution in [2.75, 3.05) is 0 Å². The highest BCUT2D eigenvalue weighted by Gasteiger charge is 2.17. The van der Waals surface area contributed by atoms with Crippen LogP contribution in [0, 0.1) is 0 Å². The Morgan fingerprint density at radius 2 is 1.59 bits per heavy atom. The molecule has 0 amide bonds. The number of rotatable bonds is 3. The molecular weight excluding hydrogens is 298 g/mol. The Morgan fingerprint density at radius 1 is 0.955 bits per heavy atom. The van der Waals surface area contributed by atoms with Gasteiger partial charge in [-0.15, -0.1) is 0 Å². The second-order valence-electron chi connectivity index (χ2n) is 4.64. The summed E-state index contributed by atoms with van der Waals surface area (Å²) in [6, 6.07) is 7.55. The van der Waals surface area contributed by atoms with Crippen molar-refractivity contribution in [3.05, 3.63) is 54.7 Å². The lowest BCUT2D eigenvalue weighted by Gasteiger charge is -2.00. The fourth-order valence-corrected chi connectivity index (χ4v) is 3.21. The monoisotopic (exact) mass is 309 g/mol. The molecule has 4 heterocycles. The second kappa shape index (κ2) is 5.28. The molecule has 6 nitrogen and oxygen atoms in total. The molecule has 4 aromatic heterocycles. The maximum absolute atomic E-state index is 9.72. The smallest absolute Gasteiger partial charge is 0.213 e. The molecule has 0 aliphatic rings. The lowest BCUT2D eigenvalue weighted by molar-refractivity contribution is 0.275. The molecule has 0 aliphatic carbocycles. The summed E-state index contributed by atoms with van der Waals surface area (Å²) in [6.45, 7) is -0.127. The zero-order valence-corrected chi connectivity index (χ0v) is 12.2. The largest absolute Gasteiger partial charge is 0.390 e. The highest BCUT2D eigenvalue weighted by molar-refractivity contribution is 7.19. The van der Waals surface area contributed by atoms with Crippen LogP contribution in [0.2, 0.25) is 0 Å². The van der Waals surface area contributed by atoms with Crippen molar-refractivity contribution in [3.63, 3.8) is 0 Å². The van der Waals surface area contributed by atoms with Gasteiger partial charge in [-0.3, -0.25) is 9.97 Å². The van der Waals surface area contributed by atoms with Gasteiger partial charge >= 0.3 is 0 Å². The third-order valence-corrected chi connectivity index (χ3v) is 4.28. The van der Waals surface area contributed by atoms with Crippen molar-refractivity contribution in [1.29, 1.82) is 0 Å². The van der Waals surface area contributed by atoms with E-state index in [-0.39, 0.29) is 6.61 Å². The predicted molar refractivity (Wildman–Crippen MR) is 83.2 cm³/mol. The van der Waals surface area contributed by atoms with Gasteiger partial charge in [0, 0.05) is 35.9 Å². The summed E-state index contributed by atoms with van der Waals surface area (Å²) in [7, 11) is 0. The number of hydrogen-bond acceptors (Lipinski definition) is 6. The Labute approximate surface area is 129 Å². The van der Waals surface area contributed by atoms with Crippen LogP contribution in [0.3, 0.4) is 0 Å². The highest BCUT2D eigenvalue weighted by atomic mass is 32.1. The summed E-state index contributed by atoms with van der Waals surface area (Å²) in [5.41, 5.74) is 3.32. The van der Waals surface area contributed by atoms with Crippen LogP contribution in [0.25, 0.3) is 26.8 Å². The quantitative estimate of drug-likeness (QED) is 0.629. The average molecular weight is 309 g/mol. The van der Waals surface area contributed by atoms with Gasteiger partial charge in [0.25, 0.3) is 0 Å². The first-order chi connectivity index (χ1) is 10.9. The van der Waals surface area contributed by atoms with Crippen molar-refractivity contribution >= 4 is 16.3 Å². The number of pyridine rings is 2. The van der Waals surface area contributed by atoms with Gasteiger partial charge in [-0.25, -0.2) is 9.50 Å². The van der Waals surface area contributed by atoms with Crippen molar-refractivity contribution < 1.29 is 5.11 Å². The maximum atomic E-state index is 9.72. The van der Waals surface area contributed by atoms with Crippen LogP contribution in [-0.2, 0) is 6.61 Å². The first-order valence-electron chi connectivity index (χ1n) is 6.67.